The van der Waals surface area contributed by atoms with E-state index >= 15 is 0 Å². The molecule has 0 radical (unpaired) electrons. The van der Waals surface area contributed by atoms with E-state index in [9.17, 15) is 0 Å². The lowest BCUT2D eigenvalue weighted by Crippen LogP contribution is -2.06. The highest BCUT2D eigenvalue weighted by atomic mass is 79.9. The topological polar surface area (TPSA) is 61.6 Å². The molecule has 1 aromatic heterocycles. The summed E-state index contributed by atoms with van der Waals surface area (Å²) in [6.07, 6.45) is 1.00. The summed E-state index contributed by atoms with van der Waals surface area (Å²) in [5.41, 5.74) is 1.14. The first kappa shape index (κ1) is 10.9. The molecule has 1 heterocycles. The molecule has 14 heavy (non-hydrogen) atoms. The maximum Gasteiger partial charge on any atom is 0.224 e. The molecule has 0 aliphatic rings. The van der Waals surface area contributed by atoms with Crippen LogP contribution in [0.25, 0.3) is 0 Å². The predicted molar refractivity (Wildman–Crippen MR) is 58.0 cm³/mol. The molecule has 0 aromatic carbocycles. The van der Waals surface area contributed by atoms with Gasteiger partial charge in [0.2, 0.25) is 5.95 Å². The van der Waals surface area contributed by atoms with Gasteiger partial charge < -0.3 is 5.32 Å². The van der Waals surface area contributed by atoms with Crippen molar-refractivity contribution in [2.75, 3.05) is 11.9 Å². The van der Waals surface area contributed by atoms with Gasteiger partial charge in [-0.2, -0.15) is 5.26 Å². The molecule has 0 aliphatic heterocycles. The van der Waals surface area contributed by atoms with E-state index in [0.717, 1.165) is 18.7 Å². The first-order valence-corrected chi connectivity index (χ1v) is 5.16. The van der Waals surface area contributed by atoms with Crippen LogP contribution < -0.4 is 5.32 Å². The largest absolute Gasteiger partial charge is 0.354 e. The fourth-order valence-corrected chi connectivity index (χ4v) is 1.22. The van der Waals surface area contributed by atoms with Gasteiger partial charge in [0.25, 0.3) is 0 Å². The van der Waals surface area contributed by atoms with Crippen LogP contribution in [0.1, 0.15) is 24.7 Å². The highest BCUT2D eigenvalue weighted by Gasteiger charge is 2.07. The van der Waals surface area contributed by atoms with Gasteiger partial charge >= 0.3 is 0 Å². The second kappa shape index (κ2) is 4.91. The van der Waals surface area contributed by atoms with Gasteiger partial charge in [0.05, 0.1) is 10.2 Å². The Morgan fingerprint density at radius 1 is 1.50 bits per heavy atom. The lowest BCUT2D eigenvalue weighted by atomic mass is 10.3. The zero-order valence-corrected chi connectivity index (χ0v) is 9.72. The van der Waals surface area contributed by atoms with Gasteiger partial charge in [-0.1, -0.05) is 6.92 Å². The first-order valence-electron chi connectivity index (χ1n) is 4.37. The minimum absolute atomic E-state index is 0.371. The molecular weight excluding hydrogens is 244 g/mol. The maximum atomic E-state index is 8.79. The molecule has 0 unspecified atom stereocenters. The number of anilines is 1. The van der Waals surface area contributed by atoms with Gasteiger partial charge in [-0.3, -0.25) is 0 Å². The average Bonchev–Trinajstić information content (AvgIpc) is 2.19. The highest BCUT2D eigenvalue weighted by Crippen LogP contribution is 2.18. The second-order valence-corrected chi connectivity index (χ2v) is 3.63. The molecule has 0 atom stereocenters. The molecule has 0 aliphatic carbocycles. The van der Waals surface area contributed by atoms with E-state index in [1.807, 2.05) is 13.0 Å². The minimum atomic E-state index is 0.371. The molecule has 74 valence electrons. The molecule has 1 aromatic rings. The van der Waals surface area contributed by atoms with Crippen LogP contribution in [0, 0.1) is 18.3 Å². The number of nitrogens with one attached hydrogen (secondary N) is 1. The van der Waals surface area contributed by atoms with Crippen molar-refractivity contribution in [1.82, 2.24) is 9.97 Å². The molecule has 1 rings (SSSR count). The standard InChI is InChI=1S/C9H11BrN4/c1-3-4-12-9-13-6(2)8(10)7(5-11)14-9/h3-4H2,1-2H3,(H,12,13,14). The summed E-state index contributed by atoms with van der Waals surface area (Å²) in [7, 11) is 0. The Balaban J connectivity index is 2.99. The Morgan fingerprint density at radius 3 is 2.79 bits per heavy atom. The Hall–Kier alpha value is -1.15. The highest BCUT2D eigenvalue weighted by molar-refractivity contribution is 9.10. The smallest absolute Gasteiger partial charge is 0.224 e. The predicted octanol–water partition coefficient (Wildman–Crippen LogP) is 2.24. The first-order chi connectivity index (χ1) is 6.69. The summed E-state index contributed by atoms with van der Waals surface area (Å²) in [6, 6.07) is 2.01. The molecule has 0 spiro atoms. The molecule has 5 heteroatoms. The molecule has 0 bridgehead atoms. The number of halogens is 1. The van der Waals surface area contributed by atoms with Crippen molar-refractivity contribution in [2.45, 2.75) is 20.3 Å². The summed E-state index contributed by atoms with van der Waals surface area (Å²) in [5, 5.41) is 11.8. The molecule has 1 N–H and O–H groups in total. The molecule has 0 saturated heterocycles. The van der Waals surface area contributed by atoms with E-state index in [-0.39, 0.29) is 0 Å². The van der Waals surface area contributed by atoms with Gasteiger partial charge in [0.15, 0.2) is 5.69 Å². The van der Waals surface area contributed by atoms with Crippen LogP contribution >= 0.6 is 15.9 Å². The van der Waals surface area contributed by atoms with E-state index in [1.165, 1.54) is 0 Å². The Labute approximate surface area is 91.5 Å². The normalized spacial score (nSPS) is 9.57. The van der Waals surface area contributed by atoms with Gasteiger partial charge in [0.1, 0.15) is 6.07 Å². The van der Waals surface area contributed by atoms with Crippen LogP contribution in [0.2, 0.25) is 0 Å². The van der Waals surface area contributed by atoms with Crippen LogP contribution in [0.15, 0.2) is 4.47 Å². The minimum Gasteiger partial charge on any atom is -0.354 e. The van der Waals surface area contributed by atoms with Gasteiger partial charge in [-0.15, -0.1) is 0 Å². The zero-order chi connectivity index (χ0) is 10.6. The SMILES string of the molecule is CCCNc1nc(C)c(Br)c(C#N)n1. The lowest BCUT2D eigenvalue weighted by molar-refractivity contribution is 0.940. The van der Waals surface area contributed by atoms with E-state index in [1.54, 1.807) is 0 Å². The number of hydrogen-bond donors (Lipinski definition) is 1. The van der Waals surface area contributed by atoms with Crippen molar-refractivity contribution in [3.8, 4) is 6.07 Å². The molecule has 0 amide bonds. The fourth-order valence-electron chi connectivity index (χ4n) is 0.949. The van der Waals surface area contributed by atoms with Crippen LogP contribution in [0.5, 0.6) is 0 Å². The third-order valence-electron chi connectivity index (χ3n) is 1.66. The van der Waals surface area contributed by atoms with Crippen LogP contribution in [0.4, 0.5) is 5.95 Å². The van der Waals surface area contributed by atoms with Crippen LogP contribution in [-0.2, 0) is 0 Å². The van der Waals surface area contributed by atoms with E-state index in [4.69, 9.17) is 5.26 Å². The Bertz CT molecular complexity index is 370. The van der Waals surface area contributed by atoms with E-state index in [0.29, 0.717) is 16.1 Å². The fraction of sp³-hybridized carbons (Fsp3) is 0.444. The number of rotatable bonds is 3. The van der Waals surface area contributed by atoms with Crippen molar-refractivity contribution >= 4 is 21.9 Å². The average molecular weight is 255 g/mol. The van der Waals surface area contributed by atoms with Crippen LogP contribution in [-0.4, -0.2) is 16.5 Å². The lowest BCUT2D eigenvalue weighted by Gasteiger charge is -2.05. The monoisotopic (exact) mass is 254 g/mol. The molecule has 0 saturated carbocycles. The zero-order valence-electron chi connectivity index (χ0n) is 8.13. The van der Waals surface area contributed by atoms with Crippen molar-refractivity contribution in [3.63, 3.8) is 0 Å². The van der Waals surface area contributed by atoms with Gasteiger partial charge in [0, 0.05) is 6.54 Å². The summed E-state index contributed by atoms with van der Waals surface area (Å²) in [6.45, 7) is 4.71. The number of nitriles is 1. The third kappa shape index (κ3) is 2.42. The van der Waals surface area contributed by atoms with E-state index < -0.39 is 0 Å². The van der Waals surface area contributed by atoms with Gasteiger partial charge in [-0.05, 0) is 29.3 Å². The van der Waals surface area contributed by atoms with Gasteiger partial charge in [-0.25, -0.2) is 9.97 Å². The number of nitrogens with zero attached hydrogens (tertiary/aromatic N) is 3. The van der Waals surface area contributed by atoms with Crippen molar-refractivity contribution in [3.05, 3.63) is 15.9 Å². The summed E-state index contributed by atoms with van der Waals surface area (Å²) in [5.74, 6) is 0.518. The second-order valence-electron chi connectivity index (χ2n) is 2.83. The molecule has 0 fully saturated rings. The van der Waals surface area contributed by atoms with E-state index in [2.05, 4.69) is 38.1 Å². The van der Waals surface area contributed by atoms with Crippen LogP contribution in [0.3, 0.4) is 0 Å². The number of hydrogen-bond acceptors (Lipinski definition) is 4. The number of aryl methyl sites for hydroxylation is 1. The summed E-state index contributed by atoms with van der Waals surface area (Å²) >= 11 is 3.27. The Kier molecular flexibility index (Phi) is 3.84. The number of aromatic nitrogens is 2. The third-order valence-corrected chi connectivity index (χ3v) is 2.61. The molecular formula is C9H11BrN4. The maximum absolute atomic E-state index is 8.79. The van der Waals surface area contributed by atoms with Crippen molar-refractivity contribution in [1.29, 1.82) is 5.26 Å². The van der Waals surface area contributed by atoms with Crippen molar-refractivity contribution in [2.24, 2.45) is 0 Å². The molecule has 4 nitrogen and oxygen atoms in total. The summed E-state index contributed by atoms with van der Waals surface area (Å²) in [4.78, 5) is 8.26. The quantitative estimate of drug-likeness (QED) is 0.899. The Morgan fingerprint density at radius 2 is 2.21 bits per heavy atom. The summed E-state index contributed by atoms with van der Waals surface area (Å²) < 4.78 is 0.669. The van der Waals surface area contributed by atoms with Crippen molar-refractivity contribution < 1.29 is 0 Å².